The number of nitrogens with two attached hydrogens (primary N) is 1. The van der Waals surface area contributed by atoms with Gasteiger partial charge < -0.3 is 10.6 Å². The lowest BCUT2D eigenvalue weighted by Gasteiger charge is -2.20. The quantitative estimate of drug-likeness (QED) is 0.868. The zero-order valence-electron chi connectivity index (χ0n) is 12.8. The second-order valence-corrected chi connectivity index (χ2v) is 5.97. The molecule has 1 aromatic heterocycles. The van der Waals surface area contributed by atoms with Crippen LogP contribution in [0.3, 0.4) is 0 Å². The average Bonchev–Trinajstić information content (AvgIpc) is 3.10. The number of amides is 1. The van der Waals surface area contributed by atoms with E-state index in [0.717, 1.165) is 30.6 Å². The number of hydrogen-bond donors (Lipinski definition) is 1. The van der Waals surface area contributed by atoms with E-state index in [1.165, 1.54) is 0 Å². The molecule has 3 rings (SSSR count). The number of primary amides is 1. The maximum atomic E-state index is 11.6. The third-order valence-electron chi connectivity index (χ3n) is 4.51. The van der Waals surface area contributed by atoms with Gasteiger partial charge in [-0.2, -0.15) is 5.10 Å². The van der Waals surface area contributed by atoms with Crippen molar-refractivity contribution in [1.29, 1.82) is 5.26 Å². The highest BCUT2D eigenvalue weighted by Crippen LogP contribution is 2.34. The molecule has 1 amide bonds. The molecule has 2 aromatic rings. The Kier molecular flexibility index (Phi) is 3.53. The van der Waals surface area contributed by atoms with Crippen LogP contribution in [-0.4, -0.2) is 35.5 Å². The van der Waals surface area contributed by atoms with Gasteiger partial charge in [0.2, 0.25) is 0 Å². The maximum absolute atomic E-state index is 11.6. The summed E-state index contributed by atoms with van der Waals surface area (Å²) in [4.78, 5) is 13.8. The number of fused-ring (bicyclic) bond motifs is 1. The van der Waals surface area contributed by atoms with Gasteiger partial charge in [0.1, 0.15) is 5.52 Å². The predicted molar refractivity (Wildman–Crippen MR) is 87.0 cm³/mol. The average molecular weight is 295 g/mol. The first-order valence-electron chi connectivity index (χ1n) is 7.42. The zero-order chi connectivity index (χ0) is 15.9. The van der Waals surface area contributed by atoms with Crippen molar-refractivity contribution in [3.63, 3.8) is 0 Å². The van der Waals surface area contributed by atoms with Gasteiger partial charge in [0.05, 0.1) is 5.56 Å². The molecule has 1 saturated heterocycles. The molecule has 1 aromatic carbocycles. The van der Waals surface area contributed by atoms with Crippen LogP contribution in [0.2, 0.25) is 12.6 Å². The Morgan fingerprint density at radius 2 is 2.32 bits per heavy atom. The fraction of sp³-hybridized carbons (Fsp3) is 0.400. The first-order chi connectivity index (χ1) is 10.5. The number of aryl methyl sites for hydroxylation is 1. The van der Waals surface area contributed by atoms with Crippen LogP contribution in [0.1, 0.15) is 16.8 Å². The number of aromatic nitrogens is 2. The molecule has 6 nitrogen and oxygen atoms in total. The topological polar surface area (TPSA) is 87.9 Å². The molecular weight excluding hydrogens is 277 g/mol. The number of benzene rings is 1. The van der Waals surface area contributed by atoms with Crippen molar-refractivity contribution < 1.29 is 4.79 Å². The van der Waals surface area contributed by atoms with Crippen LogP contribution in [-0.2, 0) is 7.05 Å². The van der Waals surface area contributed by atoms with E-state index in [1.54, 1.807) is 10.7 Å². The Morgan fingerprint density at radius 1 is 1.55 bits per heavy atom. The highest BCUT2D eigenvalue weighted by Gasteiger charge is 2.30. The van der Waals surface area contributed by atoms with Crippen LogP contribution in [0.25, 0.3) is 10.9 Å². The van der Waals surface area contributed by atoms with Crippen molar-refractivity contribution in [3.8, 4) is 5.97 Å². The Hall–Kier alpha value is -2.49. The second kappa shape index (κ2) is 5.37. The summed E-state index contributed by atoms with van der Waals surface area (Å²) < 4.78 is 1.70. The Morgan fingerprint density at radius 3 is 3.00 bits per heavy atom. The van der Waals surface area contributed by atoms with Gasteiger partial charge in [-0.15, -0.1) is 0 Å². The Balaban J connectivity index is 2.01. The standard InChI is InChI=1S/C15H18BN5O/c1-16(9-17)10-5-6-21(7-10)13-4-3-11(15(18)22)14-12(13)8-20(2)19-14/h3-4,8,10H,5-7H2,1-2H3,(H2,18,22). The number of nitrogens with zero attached hydrogens (tertiary/aromatic N) is 4. The van der Waals surface area contributed by atoms with E-state index < -0.39 is 5.91 Å². The molecule has 1 unspecified atom stereocenters. The molecule has 1 atom stereocenters. The zero-order valence-corrected chi connectivity index (χ0v) is 12.8. The highest BCUT2D eigenvalue weighted by molar-refractivity contribution is 6.67. The SMILES string of the molecule is CB(C#N)C1CCN(c2ccc(C(N)=O)c3nn(C)cc23)C1. The van der Waals surface area contributed by atoms with Gasteiger partial charge in [0.15, 0.2) is 0 Å². The molecule has 2 N–H and O–H groups in total. The van der Waals surface area contributed by atoms with E-state index >= 15 is 0 Å². The predicted octanol–water partition coefficient (Wildman–Crippen LogP) is 1.44. The van der Waals surface area contributed by atoms with Gasteiger partial charge in [-0.1, -0.05) is 6.82 Å². The molecule has 0 radical (unpaired) electrons. The molecule has 0 saturated carbocycles. The third kappa shape index (κ3) is 2.31. The molecule has 22 heavy (non-hydrogen) atoms. The fourth-order valence-electron chi connectivity index (χ4n) is 3.20. The van der Waals surface area contributed by atoms with Crippen molar-refractivity contribution in [3.05, 3.63) is 23.9 Å². The van der Waals surface area contributed by atoms with Gasteiger partial charge in [-0.05, 0) is 24.4 Å². The third-order valence-corrected chi connectivity index (χ3v) is 4.51. The van der Waals surface area contributed by atoms with Crippen LogP contribution in [0.4, 0.5) is 5.69 Å². The monoisotopic (exact) mass is 295 g/mol. The van der Waals surface area contributed by atoms with E-state index in [4.69, 9.17) is 11.0 Å². The molecular formula is C15H18BN5O. The lowest BCUT2D eigenvalue weighted by Crippen LogP contribution is -2.23. The smallest absolute Gasteiger partial charge is 0.269 e. The van der Waals surface area contributed by atoms with E-state index in [0.29, 0.717) is 16.9 Å². The number of hydrogen-bond acceptors (Lipinski definition) is 4. The summed E-state index contributed by atoms with van der Waals surface area (Å²) in [5, 5.41) is 14.4. The number of anilines is 1. The van der Waals surface area contributed by atoms with Crippen molar-refractivity contribution in [1.82, 2.24) is 9.78 Å². The van der Waals surface area contributed by atoms with E-state index in [-0.39, 0.29) is 6.71 Å². The van der Waals surface area contributed by atoms with Gasteiger partial charge >= 0.3 is 0 Å². The molecule has 112 valence electrons. The number of nitriles is 1. The van der Waals surface area contributed by atoms with Crippen molar-refractivity contribution in [2.75, 3.05) is 18.0 Å². The van der Waals surface area contributed by atoms with Crippen LogP contribution >= 0.6 is 0 Å². The van der Waals surface area contributed by atoms with E-state index in [2.05, 4.69) is 16.0 Å². The first-order valence-corrected chi connectivity index (χ1v) is 7.42. The summed E-state index contributed by atoms with van der Waals surface area (Å²) in [6, 6.07) is 3.68. The molecule has 0 aliphatic carbocycles. The molecule has 0 spiro atoms. The molecule has 0 bridgehead atoms. The van der Waals surface area contributed by atoms with Crippen LogP contribution in [0, 0.1) is 11.2 Å². The minimum Gasteiger partial charge on any atom is -0.371 e. The van der Waals surface area contributed by atoms with Crippen molar-refractivity contribution in [2.24, 2.45) is 12.8 Å². The van der Waals surface area contributed by atoms with Crippen molar-refractivity contribution >= 4 is 29.2 Å². The molecule has 2 heterocycles. The first kappa shape index (κ1) is 14.5. The molecule has 1 fully saturated rings. The Bertz CT molecular complexity index is 778. The maximum Gasteiger partial charge on any atom is 0.269 e. The summed E-state index contributed by atoms with van der Waals surface area (Å²) >= 11 is 0. The minimum atomic E-state index is -0.465. The summed E-state index contributed by atoms with van der Waals surface area (Å²) in [6.45, 7) is 3.80. The van der Waals surface area contributed by atoms with E-state index in [1.807, 2.05) is 26.1 Å². The molecule has 1 aliphatic rings. The fourth-order valence-corrected chi connectivity index (χ4v) is 3.20. The summed E-state index contributed by atoms with van der Waals surface area (Å²) in [7, 11) is 1.83. The van der Waals surface area contributed by atoms with Gasteiger partial charge in [-0.3, -0.25) is 9.48 Å². The number of carbonyl (C=O) groups is 1. The highest BCUT2D eigenvalue weighted by atomic mass is 16.1. The van der Waals surface area contributed by atoms with Gasteiger partial charge in [0, 0.05) is 43.4 Å². The second-order valence-electron chi connectivity index (χ2n) is 5.97. The Labute approximate surface area is 129 Å². The largest absolute Gasteiger partial charge is 0.371 e. The van der Waals surface area contributed by atoms with Crippen LogP contribution < -0.4 is 10.6 Å². The lowest BCUT2D eigenvalue weighted by atomic mass is 9.44. The summed E-state index contributed by atoms with van der Waals surface area (Å²) in [5.41, 5.74) is 7.58. The van der Waals surface area contributed by atoms with Crippen molar-refractivity contribution in [2.45, 2.75) is 19.1 Å². The number of rotatable bonds is 3. The molecule has 7 heteroatoms. The van der Waals surface area contributed by atoms with Gasteiger partial charge in [-0.25, -0.2) is 5.26 Å². The number of carbonyl (C=O) groups excluding carboxylic acids is 1. The minimum absolute atomic E-state index is 0.0549. The van der Waals surface area contributed by atoms with Gasteiger partial charge in [0.25, 0.3) is 12.6 Å². The van der Waals surface area contributed by atoms with E-state index in [9.17, 15) is 4.79 Å². The normalized spacial score (nSPS) is 17.7. The summed E-state index contributed by atoms with van der Waals surface area (Å²) in [5.74, 6) is 2.26. The van der Waals surface area contributed by atoms with Crippen LogP contribution in [0.5, 0.6) is 0 Å². The van der Waals surface area contributed by atoms with Crippen LogP contribution in [0.15, 0.2) is 18.3 Å². The molecule has 1 aliphatic heterocycles. The lowest BCUT2D eigenvalue weighted by molar-refractivity contribution is 0.100. The summed E-state index contributed by atoms with van der Waals surface area (Å²) in [6.07, 6.45) is 2.92.